The van der Waals surface area contributed by atoms with Crippen LogP contribution in [0.2, 0.25) is 5.02 Å². The highest BCUT2D eigenvalue weighted by Crippen LogP contribution is 2.21. The molecule has 0 spiro atoms. The molecule has 0 heterocycles. The van der Waals surface area contributed by atoms with Crippen molar-refractivity contribution >= 4 is 35.1 Å². The number of carbonyl (C=O) groups excluding carboxylic acids is 3. The fourth-order valence-corrected chi connectivity index (χ4v) is 2.27. The van der Waals surface area contributed by atoms with Crippen molar-refractivity contribution in [2.24, 2.45) is 0 Å². The van der Waals surface area contributed by atoms with Gasteiger partial charge in [-0.3, -0.25) is 30.6 Å². The average molecular weight is 436 g/mol. The molecular weight excluding hydrogens is 418 g/mol. The molecule has 2 aromatic rings. The smallest absolute Gasteiger partial charge is 0.350 e. The van der Waals surface area contributed by atoms with Gasteiger partial charge in [-0.1, -0.05) is 17.7 Å². The summed E-state index contributed by atoms with van der Waals surface area (Å²) in [5, 5.41) is 11.2. The lowest BCUT2D eigenvalue weighted by atomic mass is 10.1. The lowest BCUT2D eigenvalue weighted by Crippen LogP contribution is -2.45. The molecule has 0 aliphatic rings. The van der Waals surface area contributed by atoms with E-state index >= 15 is 0 Å². The third-order valence-corrected chi connectivity index (χ3v) is 3.90. The number of non-ortho nitro benzene ring substituents is 1. The quantitative estimate of drug-likeness (QED) is 0.387. The van der Waals surface area contributed by atoms with E-state index in [0.717, 1.165) is 6.07 Å². The zero-order valence-corrected chi connectivity index (χ0v) is 16.8. The monoisotopic (exact) mass is 435 g/mol. The van der Waals surface area contributed by atoms with Gasteiger partial charge in [0.2, 0.25) is 0 Å². The first-order valence-electron chi connectivity index (χ1n) is 8.54. The van der Waals surface area contributed by atoms with Crippen LogP contribution in [0, 0.1) is 10.1 Å². The number of ether oxygens (including phenoxy) is 2. The van der Waals surface area contributed by atoms with Crippen molar-refractivity contribution in [3.05, 3.63) is 69.2 Å². The largest absolute Gasteiger partial charge is 0.476 e. The maximum Gasteiger partial charge on any atom is 0.350 e. The fraction of sp³-hybridized carbons (Fsp3) is 0.211. The van der Waals surface area contributed by atoms with Gasteiger partial charge in [-0.15, -0.1) is 0 Å². The molecule has 11 heteroatoms. The van der Waals surface area contributed by atoms with E-state index in [1.165, 1.54) is 32.0 Å². The van der Waals surface area contributed by atoms with Gasteiger partial charge in [0.05, 0.1) is 4.92 Å². The minimum atomic E-state index is -1.39. The van der Waals surface area contributed by atoms with Gasteiger partial charge >= 0.3 is 5.97 Å². The van der Waals surface area contributed by atoms with Gasteiger partial charge in [-0.25, -0.2) is 4.79 Å². The van der Waals surface area contributed by atoms with Crippen molar-refractivity contribution in [1.29, 1.82) is 0 Å². The molecule has 0 saturated carbocycles. The highest BCUT2D eigenvalue weighted by molar-refractivity contribution is 6.30. The Morgan fingerprint density at radius 1 is 1.10 bits per heavy atom. The number of hydrogen-bond donors (Lipinski definition) is 2. The number of nitro groups is 1. The van der Waals surface area contributed by atoms with Crippen LogP contribution in [0.5, 0.6) is 5.75 Å². The molecule has 2 N–H and O–H groups in total. The van der Waals surface area contributed by atoms with E-state index < -0.39 is 34.9 Å². The number of hydrazine groups is 1. The number of halogens is 1. The Morgan fingerprint density at radius 3 is 2.40 bits per heavy atom. The molecule has 0 aliphatic carbocycles. The first kappa shape index (κ1) is 22.6. The molecule has 0 unspecified atom stereocenters. The number of nitrogens with zero attached hydrogens (tertiary/aromatic N) is 1. The zero-order chi connectivity index (χ0) is 22.3. The molecule has 0 bridgehead atoms. The van der Waals surface area contributed by atoms with E-state index in [1.807, 2.05) is 0 Å². The molecule has 0 aromatic heterocycles. The number of hydrogen-bond acceptors (Lipinski definition) is 7. The second-order valence-corrected chi connectivity index (χ2v) is 6.89. The number of rotatable bonds is 7. The second-order valence-electron chi connectivity index (χ2n) is 6.45. The van der Waals surface area contributed by atoms with Crippen LogP contribution in [0.1, 0.15) is 24.2 Å². The highest BCUT2D eigenvalue weighted by Gasteiger charge is 2.32. The number of amides is 2. The summed E-state index contributed by atoms with van der Waals surface area (Å²) in [6.07, 6.45) is 0. The summed E-state index contributed by atoms with van der Waals surface area (Å²) in [5.41, 5.74) is 2.44. The van der Waals surface area contributed by atoms with Gasteiger partial charge in [0.15, 0.2) is 12.2 Å². The van der Waals surface area contributed by atoms with Crippen molar-refractivity contribution < 1.29 is 28.8 Å². The summed E-state index contributed by atoms with van der Waals surface area (Å²) in [6.45, 7) is 2.25. The van der Waals surface area contributed by atoms with E-state index in [-0.39, 0.29) is 11.3 Å². The maximum absolute atomic E-state index is 12.2. The Morgan fingerprint density at radius 2 is 1.77 bits per heavy atom. The molecule has 0 aliphatic heterocycles. The van der Waals surface area contributed by atoms with E-state index in [1.54, 1.807) is 24.3 Å². The molecular formula is C19H18ClN3O7. The molecule has 2 rings (SSSR count). The molecule has 10 nitrogen and oxygen atoms in total. The number of benzene rings is 2. The summed E-state index contributed by atoms with van der Waals surface area (Å²) in [6, 6.07) is 11.3. The van der Waals surface area contributed by atoms with Crippen molar-refractivity contribution in [3.8, 4) is 5.75 Å². The Hall–Kier alpha value is -3.66. The first-order chi connectivity index (χ1) is 14.1. The molecule has 30 heavy (non-hydrogen) atoms. The first-order valence-corrected chi connectivity index (χ1v) is 8.92. The summed E-state index contributed by atoms with van der Waals surface area (Å²) in [7, 11) is 0. The van der Waals surface area contributed by atoms with E-state index in [0.29, 0.717) is 10.8 Å². The Kier molecular flexibility index (Phi) is 7.32. The van der Waals surface area contributed by atoms with Gasteiger partial charge in [0.1, 0.15) is 5.75 Å². The summed E-state index contributed by atoms with van der Waals surface area (Å²) in [5.74, 6) is -2.01. The second kappa shape index (κ2) is 9.70. The molecule has 0 saturated heterocycles. The standard InChI is InChI=1S/C19H18ClN3O7/c1-19(2,30-15-8-6-13(20)7-9-15)18(26)29-11-16(24)21-22-17(25)12-4-3-5-14(10-12)23(27)28/h3-10H,11H2,1-2H3,(H,21,24)(H,22,25). The van der Waals surface area contributed by atoms with Crippen LogP contribution in [0.4, 0.5) is 5.69 Å². The van der Waals surface area contributed by atoms with Crippen LogP contribution >= 0.6 is 11.6 Å². The molecule has 0 atom stereocenters. The van der Waals surface area contributed by atoms with Crippen molar-refractivity contribution in [2.45, 2.75) is 19.4 Å². The molecule has 0 radical (unpaired) electrons. The third kappa shape index (κ3) is 6.45. The van der Waals surface area contributed by atoms with E-state index in [4.69, 9.17) is 21.1 Å². The average Bonchev–Trinajstić information content (AvgIpc) is 2.71. The summed E-state index contributed by atoms with van der Waals surface area (Å²) < 4.78 is 10.5. The Labute approximate surface area is 176 Å². The van der Waals surface area contributed by atoms with Crippen LogP contribution in [-0.4, -0.2) is 34.9 Å². The number of carbonyl (C=O) groups is 3. The van der Waals surface area contributed by atoms with Gasteiger partial charge < -0.3 is 9.47 Å². The predicted molar refractivity (Wildman–Crippen MR) is 106 cm³/mol. The molecule has 2 amide bonds. The van der Waals surface area contributed by atoms with Crippen molar-refractivity contribution in [1.82, 2.24) is 10.9 Å². The van der Waals surface area contributed by atoms with Gasteiger partial charge in [-0.2, -0.15) is 0 Å². The van der Waals surface area contributed by atoms with Crippen molar-refractivity contribution in [3.63, 3.8) is 0 Å². The Bertz CT molecular complexity index is 961. The van der Waals surface area contributed by atoms with E-state index in [9.17, 15) is 24.5 Å². The minimum absolute atomic E-state index is 0.0287. The van der Waals surface area contributed by atoms with Gasteiger partial charge in [-0.05, 0) is 44.2 Å². The van der Waals surface area contributed by atoms with Crippen LogP contribution < -0.4 is 15.6 Å². The number of nitrogens with one attached hydrogen (secondary N) is 2. The van der Waals surface area contributed by atoms with Crippen LogP contribution in [0.15, 0.2) is 48.5 Å². The minimum Gasteiger partial charge on any atom is -0.476 e. The molecule has 2 aromatic carbocycles. The third-order valence-electron chi connectivity index (χ3n) is 3.65. The zero-order valence-electron chi connectivity index (χ0n) is 16.0. The van der Waals surface area contributed by atoms with E-state index in [2.05, 4.69) is 10.9 Å². The lowest BCUT2D eigenvalue weighted by molar-refractivity contribution is -0.384. The number of nitro benzene ring substituents is 1. The summed E-state index contributed by atoms with van der Waals surface area (Å²) in [4.78, 5) is 46.1. The molecule has 158 valence electrons. The highest BCUT2D eigenvalue weighted by atomic mass is 35.5. The summed E-state index contributed by atoms with van der Waals surface area (Å²) >= 11 is 5.79. The topological polar surface area (TPSA) is 137 Å². The van der Waals surface area contributed by atoms with Crippen LogP contribution in [-0.2, 0) is 14.3 Å². The maximum atomic E-state index is 12.2. The lowest BCUT2D eigenvalue weighted by Gasteiger charge is -2.24. The fourth-order valence-electron chi connectivity index (χ4n) is 2.14. The van der Waals surface area contributed by atoms with Crippen molar-refractivity contribution in [2.75, 3.05) is 6.61 Å². The van der Waals surface area contributed by atoms with Crippen LogP contribution in [0.3, 0.4) is 0 Å². The SMILES string of the molecule is CC(C)(Oc1ccc(Cl)cc1)C(=O)OCC(=O)NNC(=O)c1cccc([N+](=O)[O-])c1. The predicted octanol–water partition coefficient (Wildman–Crippen LogP) is 2.41. The van der Waals surface area contributed by atoms with Crippen LogP contribution in [0.25, 0.3) is 0 Å². The Balaban J connectivity index is 1.82. The molecule has 0 fully saturated rings. The normalized spacial score (nSPS) is 10.6. The van der Waals surface area contributed by atoms with Gasteiger partial charge in [0, 0.05) is 22.7 Å². The number of esters is 1. The van der Waals surface area contributed by atoms with Gasteiger partial charge in [0.25, 0.3) is 17.5 Å².